The van der Waals surface area contributed by atoms with Crippen molar-refractivity contribution in [1.29, 1.82) is 0 Å². The molecule has 2 aromatic rings. The van der Waals surface area contributed by atoms with E-state index in [1.807, 2.05) is 35.6 Å². The number of hydrogen-bond donors (Lipinski definition) is 2. The van der Waals surface area contributed by atoms with Gasteiger partial charge in [0.2, 0.25) is 5.91 Å². The van der Waals surface area contributed by atoms with Gasteiger partial charge in [-0.1, -0.05) is 41.3 Å². The molecule has 0 saturated heterocycles. The molecule has 1 aromatic heterocycles. The van der Waals surface area contributed by atoms with Crippen LogP contribution in [0.2, 0.25) is 0 Å². The summed E-state index contributed by atoms with van der Waals surface area (Å²) in [5, 5.41) is 6.32. The van der Waals surface area contributed by atoms with Crippen LogP contribution in [0.5, 0.6) is 0 Å². The fraction of sp³-hybridized carbons (Fsp3) is 0.0909. The Balaban J connectivity index is 2.07. The fourth-order valence-corrected chi connectivity index (χ4v) is 3.51. The van der Waals surface area contributed by atoms with E-state index in [4.69, 9.17) is 18.0 Å². The molecule has 0 unspecified atom stereocenters. The molecule has 0 fully saturated rings. The van der Waals surface area contributed by atoms with E-state index in [1.54, 1.807) is 4.68 Å². The molecule has 104 valence electrons. The number of nitrogens with two attached hydrogens (primary N) is 1. The molecule has 0 aliphatic rings. The molecular formula is C11H10N4O2S3. The Bertz CT molecular complexity index is 680. The van der Waals surface area contributed by atoms with E-state index in [-0.39, 0.29) is 5.75 Å². The Morgan fingerprint density at radius 3 is 2.75 bits per heavy atom. The predicted octanol–water partition coefficient (Wildman–Crippen LogP) is 1.95. The molecule has 6 nitrogen and oxygen atoms in total. The molecule has 0 aliphatic heterocycles. The molecule has 2 rings (SSSR count). The Kier molecular flexibility index (Phi) is 4.88. The molecule has 3 amide bonds. The van der Waals surface area contributed by atoms with E-state index in [9.17, 15) is 9.59 Å². The highest BCUT2D eigenvalue weighted by Gasteiger charge is 2.09. The zero-order valence-corrected chi connectivity index (χ0v) is 12.6. The Labute approximate surface area is 128 Å². The van der Waals surface area contributed by atoms with Crippen molar-refractivity contribution in [3.8, 4) is 5.69 Å². The summed E-state index contributed by atoms with van der Waals surface area (Å²) in [5.74, 6) is -0.408. The number of imide groups is 1. The second-order valence-corrected chi connectivity index (χ2v) is 6.43. The van der Waals surface area contributed by atoms with Gasteiger partial charge in [0.15, 0.2) is 8.29 Å². The molecule has 1 aromatic carbocycles. The number of aromatic nitrogens is 2. The van der Waals surface area contributed by atoms with Crippen molar-refractivity contribution in [2.24, 2.45) is 5.73 Å². The number of urea groups is 1. The molecule has 20 heavy (non-hydrogen) atoms. The summed E-state index contributed by atoms with van der Waals surface area (Å²) in [4.78, 5) is 21.8. The van der Waals surface area contributed by atoms with Crippen molar-refractivity contribution < 1.29 is 9.59 Å². The van der Waals surface area contributed by atoms with Gasteiger partial charge < -0.3 is 5.73 Å². The van der Waals surface area contributed by atoms with Gasteiger partial charge in [-0.15, -0.1) is 5.10 Å². The second kappa shape index (κ2) is 6.64. The zero-order valence-electron chi connectivity index (χ0n) is 10.1. The van der Waals surface area contributed by atoms with Crippen LogP contribution in [-0.2, 0) is 4.79 Å². The number of hydrogen-bond acceptors (Lipinski definition) is 6. The highest BCUT2D eigenvalue weighted by molar-refractivity contribution is 8.01. The van der Waals surface area contributed by atoms with E-state index in [0.29, 0.717) is 8.29 Å². The fourth-order valence-electron chi connectivity index (χ4n) is 1.35. The summed E-state index contributed by atoms with van der Waals surface area (Å²) >= 11 is 7.74. The van der Waals surface area contributed by atoms with Crippen LogP contribution in [0.15, 0.2) is 34.7 Å². The van der Waals surface area contributed by atoms with Gasteiger partial charge in [0, 0.05) is 0 Å². The summed E-state index contributed by atoms with van der Waals surface area (Å²) in [6, 6.07) is 8.61. The number of primary amides is 1. The first-order valence-corrected chi connectivity index (χ1v) is 7.65. The lowest BCUT2D eigenvalue weighted by molar-refractivity contribution is -0.117. The molecule has 0 aliphatic carbocycles. The molecule has 3 N–H and O–H groups in total. The summed E-state index contributed by atoms with van der Waals surface area (Å²) in [6.07, 6.45) is 0. The van der Waals surface area contributed by atoms with Crippen LogP contribution in [0, 0.1) is 3.95 Å². The minimum Gasteiger partial charge on any atom is -0.351 e. The summed E-state index contributed by atoms with van der Waals surface area (Å²) in [5.41, 5.74) is 5.72. The number of para-hydroxylation sites is 1. The normalized spacial score (nSPS) is 10.2. The number of nitrogens with zero attached hydrogens (tertiary/aromatic N) is 2. The quantitative estimate of drug-likeness (QED) is 0.662. The molecule has 0 spiro atoms. The minimum atomic E-state index is -0.863. The highest BCUT2D eigenvalue weighted by Crippen LogP contribution is 2.23. The lowest BCUT2D eigenvalue weighted by Gasteiger charge is -1.99. The maximum atomic E-state index is 11.3. The number of carbonyl (C=O) groups is 2. The summed E-state index contributed by atoms with van der Waals surface area (Å²) < 4.78 is 2.88. The third-order valence-electron chi connectivity index (χ3n) is 2.12. The molecule has 0 atom stereocenters. The van der Waals surface area contributed by atoms with Crippen molar-refractivity contribution in [3.63, 3.8) is 0 Å². The average Bonchev–Trinajstić information content (AvgIpc) is 2.78. The maximum Gasteiger partial charge on any atom is 0.318 e. The zero-order chi connectivity index (χ0) is 14.5. The number of rotatable bonds is 4. The van der Waals surface area contributed by atoms with Gasteiger partial charge in [-0.25, -0.2) is 9.48 Å². The Morgan fingerprint density at radius 1 is 1.40 bits per heavy atom. The van der Waals surface area contributed by atoms with Crippen molar-refractivity contribution in [3.05, 3.63) is 34.3 Å². The summed E-state index contributed by atoms with van der Waals surface area (Å²) in [6.45, 7) is 0. The third-order valence-corrected chi connectivity index (χ3v) is 4.48. The topological polar surface area (TPSA) is 90.0 Å². The third kappa shape index (κ3) is 3.89. The van der Waals surface area contributed by atoms with Gasteiger partial charge in [-0.2, -0.15) is 0 Å². The number of amides is 3. The molecule has 0 bridgehead atoms. The van der Waals surface area contributed by atoms with Crippen molar-refractivity contribution in [1.82, 2.24) is 15.1 Å². The van der Waals surface area contributed by atoms with E-state index >= 15 is 0 Å². The van der Waals surface area contributed by atoms with Crippen LogP contribution < -0.4 is 11.1 Å². The van der Waals surface area contributed by atoms with E-state index in [1.165, 1.54) is 23.1 Å². The molecule has 0 saturated carbocycles. The first-order valence-electron chi connectivity index (χ1n) is 5.44. The van der Waals surface area contributed by atoms with Crippen LogP contribution in [0.1, 0.15) is 0 Å². The van der Waals surface area contributed by atoms with Crippen LogP contribution in [0.4, 0.5) is 4.79 Å². The van der Waals surface area contributed by atoms with Gasteiger partial charge in [0.1, 0.15) is 0 Å². The SMILES string of the molecule is NC(=O)NC(=O)CSc1nn(-c2ccccc2)c(=S)s1. The average molecular weight is 326 g/mol. The Hall–Kier alpha value is -1.71. The first-order chi connectivity index (χ1) is 9.56. The highest BCUT2D eigenvalue weighted by atomic mass is 32.2. The van der Waals surface area contributed by atoms with Crippen molar-refractivity contribution in [2.75, 3.05) is 5.75 Å². The number of benzene rings is 1. The van der Waals surface area contributed by atoms with Crippen LogP contribution in [0.3, 0.4) is 0 Å². The molecule has 0 radical (unpaired) electrons. The van der Waals surface area contributed by atoms with Crippen molar-refractivity contribution >= 4 is 47.3 Å². The van der Waals surface area contributed by atoms with Crippen molar-refractivity contribution in [2.45, 2.75) is 4.34 Å². The maximum absolute atomic E-state index is 11.3. The van der Waals surface area contributed by atoms with Gasteiger partial charge in [0.25, 0.3) is 0 Å². The predicted molar refractivity (Wildman–Crippen MR) is 80.7 cm³/mol. The van der Waals surface area contributed by atoms with Crippen LogP contribution in [0.25, 0.3) is 5.69 Å². The van der Waals surface area contributed by atoms with Crippen LogP contribution in [-0.4, -0.2) is 27.5 Å². The number of nitrogens with one attached hydrogen (secondary N) is 1. The number of thioether (sulfide) groups is 1. The Morgan fingerprint density at radius 2 is 2.10 bits per heavy atom. The minimum absolute atomic E-state index is 0.0556. The van der Waals surface area contributed by atoms with Gasteiger partial charge in [0.05, 0.1) is 11.4 Å². The molecular weight excluding hydrogens is 316 g/mol. The number of carbonyl (C=O) groups excluding carboxylic acids is 2. The van der Waals surface area contributed by atoms with Gasteiger partial charge in [-0.3, -0.25) is 10.1 Å². The first kappa shape index (κ1) is 14.7. The van der Waals surface area contributed by atoms with Crippen LogP contribution >= 0.6 is 35.3 Å². The largest absolute Gasteiger partial charge is 0.351 e. The summed E-state index contributed by atoms with van der Waals surface area (Å²) in [7, 11) is 0. The van der Waals surface area contributed by atoms with E-state index in [2.05, 4.69) is 5.10 Å². The lowest BCUT2D eigenvalue weighted by atomic mass is 10.3. The molecule has 1 heterocycles. The standard InChI is InChI=1S/C11H10N4O2S3/c12-9(17)13-8(16)6-19-10-14-15(11(18)20-10)7-4-2-1-3-5-7/h1-5H,6H2,(H3,12,13,16,17). The van der Waals surface area contributed by atoms with Gasteiger partial charge in [-0.05, 0) is 24.4 Å². The van der Waals surface area contributed by atoms with Gasteiger partial charge >= 0.3 is 6.03 Å². The smallest absolute Gasteiger partial charge is 0.318 e. The monoisotopic (exact) mass is 326 g/mol. The second-order valence-electron chi connectivity index (χ2n) is 3.58. The lowest BCUT2D eigenvalue weighted by Crippen LogP contribution is -2.36. The molecule has 9 heteroatoms. The van der Waals surface area contributed by atoms with E-state index < -0.39 is 11.9 Å². The van der Waals surface area contributed by atoms with E-state index in [0.717, 1.165) is 5.69 Å².